The summed E-state index contributed by atoms with van der Waals surface area (Å²) in [5, 5.41) is 132. The normalized spacial score (nSPS) is 7.72. The third-order valence-electron chi connectivity index (χ3n) is 5.80. The Morgan fingerprint density at radius 1 is 0.477 bits per heavy atom. The van der Waals surface area contributed by atoms with Gasteiger partial charge in [0.1, 0.15) is 28.2 Å². The Bertz CT molecular complexity index is 2400. The zero-order valence-electron chi connectivity index (χ0n) is 52.9. The molecular weight excluding hydrogens is 2990 g/mol. The molecule has 0 aliphatic carbocycles. The number of phenolic OH excluding ortho intramolecular Hbond substituents is 4. The van der Waals surface area contributed by atoms with Gasteiger partial charge in [0.15, 0.2) is 28.7 Å². The summed E-state index contributed by atoms with van der Waals surface area (Å²) in [4.78, 5) is 105. The van der Waals surface area contributed by atoms with Crippen molar-refractivity contribution < 1.29 is 240 Å². The van der Waals surface area contributed by atoms with Gasteiger partial charge in [0, 0.05) is 0 Å². The predicted molar refractivity (Wildman–Crippen MR) is 390 cm³/mol. The fraction of sp³-hybridized carbons (Fsp3) is 0.0811. The van der Waals surface area contributed by atoms with Gasteiger partial charge < -0.3 is 181 Å². The third-order valence-corrected chi connectivity index (χ3v) is 6.25. The molecule has 0 aliphatic heterocycles. The van der Waals surface area contributed by atoms with Crippen LogP contribution in [-0.4, -0.2) is 192 Å². The topological polar surface area (TPSA) is 1200 Å². The number of nitrogens with two attached hydrogens (primary N) is 10. The Morgan fingerprint density at radius 3 is 0.697 bits per heavy atom. The van der Waals surface area contributed by atoms with Gasteiger partial charge in [-0.1, -0.05) is 67.6 Å². The van der Waals surface area contributed by atoms with Gasteiger partial charge in [-0.2, -0.15) is 27.1 Å². The van der Waals surface area contributed by atoms with Crippen LogP contribution in [0.2, 0.25) is 0 Å². The fourth-order valence-electron chi connectivity index (χ4n) is 3.09. The summed E-state index contributed by atoms with van der Waals surface area (Å²) in [6.07, 6.45) is 0.722. The van der Waals surface area contributed by atoms with Crippen molar-refractivity contribution in [3.05, 3.63) is 273 Å². The molecule has 72 heteroatoms. The predicted octanol–water partition coefficient (Wildman–Crippen LogP) is 10.1. The second-order valence-electron chi connectivity index (χ2n) is 11.8. The van der Waals surface area contributed by atoms with E-state index in [1.54, 1.807) is 48.5 Å². The molecule has 0 spiro atoms. The van der Waals surface area contributed by atoms with Gasteiger partial charge >= 0.3 is 296 Å². The number of carboxylic acids is 3. The number of carboxylic acid groups (broad SMARTS) is 3. The number of para-hydroxylation sites is 7. The maximum atomic E-state index is 10.6. The summed E-state index contributed by atoms with van der Waals surface area (Å²) >= 11 is -13.4. The van der Waals surface area contributed by atoms with Crippen LogP contribution in [0, 0.1) is 67.6 Å². The van der Waals surface area contributed by atoms with Gasteiger partial charge in [0.2, 0.25) is 0 Å². The maximum absolute atomic E-state index is 10.6. The minimum atomic E-state index is -4.47. The molecule has 5 aromatic carbocycles. The SMILES string of the molecule is O=C(O)c1ccccc1O.O=C(O)c1ccccc1O.O=C(O)c1ccccc1O[P+](O)(O)O.O=N[O-].O=N[O-].O=N[O-].O=N[O-].O=N[O-].O=N[O-].O[AsH]O.O[As](O)O.O[SeH](O)O.O[SeH](O)O.Oc1ccccc1O.Oc1ccccc1O.[CH2-]CC(C)[NH-].[Cl][Pt+2][Cl].[Cl][Pt]([Cl])[Cl].[NH2-].[NH2-].[NH2-].[NH2-].[NH2-].[NH2-].[NH2-].[NH2-].[NH2-].[NH2-].[Pt+2].[Pt+2].[Pt+2].[Pt+2]. The molecule has 0 aliphatic rings. The van der Waals surface area contributed by atoms with Crippen molar-refractivity contribution in [2.24, 2.45) is 32.0 Å². The maximum Gasteiger partial charge on any atom is 2.00 e. The van der Waals surface area contributed by atoms with Crippen molar-refractivity contribution >= 4 is 135 Å². The molecule has 1 unspecified atom stereocenters. The summed E-state index contributed by atoms with van der Waals surface area (Å²) in [6.45, 7) is 5.32. The molecule has 0 bridgehead atoms. The average Bonchev–Trinajstić information content (AvgIpc) is 0.864. The van der Waals surface area contributed by atoms with Gasteiger partial charge in [-0.05, 0) is 60.7 Å². The van der Waals surface area contributed by atoms with Crippen molar-refractivity contribution in [2.75, 3.05) is 0 Å². The molecular formula is C37H75As2Cl5N17O39PPt6Se2-7. The van der Waals surface area contributed by atoms with E-state index >= 15 is 0 Å². The van der Waals surface area contributed by atoms with E-state index in [0.29, 0.717) is 0 Å². The van der Waals surface area contributed by atoms with Crippen LogP contribution in [0.1, 0.15) is 44.4 Å². The molecule has 0 fully saturated rings. The summed E-state index contributed by atoms with van der Waals surface area (Å²) in [7, 11) is 20.2. The third kappa shape index (κ3) is 221. The van der Waals surface area contributed by atoms with Gasteiger partial charge in [-0.25, -0.2) is 14.4 Å². The molecule has 5 aromatic rings. The number of benzene rings is 5. The minimum Gasteiger partial charge on any atom is -0.693 e. The van der Waals surface area contributed by atoms with Gasteiger partial charge in [0.25, 0.3) is 0 Å². The molecule has 0 amide bonds. The number of nitrogens with zero attached hydrogens (tertiary/aromatic N) is 6. The number of nitrogens with one attached hydrogen (secondary N) is 1. The molecule has 5 rings (SSSR count). The monoisotopic (exact) mass is 3070 g/mol. The van der Waals surface area contributed by atoms with E-state index in [1.165, 1.54) is 72.8 Å². The summed E-state index contributed by atoms with van der Waals surface area (Å²) < 4.78 is 84.6. The van der Waals surface area contributed by atoms with Crippen LogP contribution in [0.4, 0.5) is 0 Å². The van der Waals surface area contributed by atoms with Crippen molar-refractivity contribution in [1.82, 2.24) is 0 Å². The molecule has 44 N–H and O–H groups in total. The smallest absolute Gasteiger partial charge is 0.693 e. The number of rotatable bonds is 6. The molecule has 0 heterocycles. The summed E-state index contributed by atoms with van der Waals surface area (Å²) in [6, 6.07) is 29.3. The van der Waals surface area contributed by atoms with E-state index < -0.39 is 119 Å². The minimum absolute atomic E-state index is 0. The Hall–Kier alpha value is -3.32. The van der Waals surface area contributed by atoms with Crippen LogP contribution in [-0.2, 0) is 115 Å². The zero-order valence-corrected chi connectivity index (χ0v) is 78.9. The fourth-order valence-corrected chi connectivity index (χ4v) is 3.52. The average molecular weight is 3070 g/mol. The van der Waals surface area contributed by atoms with E-state index in [1.807, 2.05) is 6.92 Å². The van der Waals surface area contributed by atoms with Crippen molar-refractivity contribution in [2.45, 2.75) is 19.4 Å². The number of halogens is 5. The Balaban J connectivity index is -0.0000000266. The van der Waals surface area contributed by atoms with E-state index in [9.17, 15) is 14.4 Å². The second-order valence-corrected chi connectivity index (χ2v) is 29.9. The zero-order chi connectivity index (χ0) is 78.1. The van der Waals surface area contributed by atoms with Crippen molar-refractivity contribution in [1.29, 1.82) is 0 Å². The van der Waals surface area contributed by atoms with Crippen molar-refractivity contribution in [3.63, 3.8) is 0 Å². The summed E-state index contributed by atoms with van der Waals surface area (Å²) in [5.41, 5.74) is 6.37. The van der Waals surface area contributed by atoms with E-state index in [4.69, 9.17) is 220 Å². The van der Waals surface area contributed by atoms with E-state index in [2.05, 4.69) is 11.4 Å². The first-order valence-corrected chi connectivity index (χ1v) is 45.4. The summed E-state index contributed by atoms with van der Waals surface area (Å²) in [5.74, 6) is -4.50. The van der Waals surface area contributed by atoms with Crippen LogP contribution < -0.4 is 4.52 Å². The first-order valence-electron chi connectivity index (χ1n) is 20.3. The first-order chi connectivity index (χ1) is 44.0. The van der Waals surface area contributed by atoms with Crippen LogP contribution in [0.3, 0.4) is 0 Å². The molecule has 109 heavy (non-hydrogen) atoms. The quantitative estimate of drug-likeness (QED) is 0.0188. The number of hydrogen-bond donors (Lipinski definition) is 23. The Morgan fingerprint density at radius 2 is 0.596 bits per heavy atom. The first kappa shape index (κ1) is 187. The largest absolute Gasteiger partial charge is 2.00 e. The molecule has 0 saturated carbocycles. The molecule has 671 valence electrons. The second kappa shape index (κ2) is 150. The van der Waals surface area contributed by atoms with Crippen LogP contribution in [0.15, 0.2) is 153 Å². The molecule has 0 radical (unpaired) electrons. The number of phenols is 6. The van der Waals surface area contributed by atoms with E-state index in [-0.39, 0.29) is 209 Å². The van der Waals surface area contributed by atoms with Gasteiger partial charge in [-0.3, -0.25) is 4.52 Å². The number of carbonyl (C=O) groups is 3. The van der Waals surface area contributed by atoms with Crippen LogP contribution in [0.5, 0.6) is 40.2 Å². The standard InChI is InChI=1S/C7H7O6P.2C7H6O3.2C6H6O2.C4H9N.AsH3O3.AsH3O2.5ClH.6HNO2.10H2N.2H4O3Se.6Pt/c8-7(9)5-3-1-2-4-6(5)13-14(10,11)12;2*8-6-4-2-1-3-5(6)7(9)10;2*7-5-3-1-2-4-6(5)8;1-3-4(2)5;2-1(3)4;2-1-3;;;;;;6*2-1-3;;;;;;;;;;;2*1-4(2)3;;;;;;/h1-4,10-12H;2*1-4,8H,(H,9,10);2*1-4,7-8H;4-5H,1,3H2,2H3;2-4H;1-3H;5*1H;6*(H,2,3);10*1H2;2*1-4H;;;;;;/q;;;;;-2;;;;;;;;;;;;;;10*-1;;;4*+2;+3;+4/p-10. The number of aromatic carboxylic acids is 3. The molecule has 0 saturated heterocycles. The van der Waals surface area contributed by atoms with Gasteiger partial charge in [-0.15, -0.1) is 32.0 Å². The Kier molecular flexibility index (Phi) is 257. The Labute approximate surface area is 731 Å². The molecule has 1 atom stereocenters. The van der Waals surface area contributed by atoms with Crippen LogP contribution in [0.25, 0.3) is 67.2 Å². The van der Waals surface area contributed by atoms with E-state index in [0.717, 1.165) is 38.5 Å². The number of hydrogen-bond acceptors (Lipinski definition) is 42. The van der Waals surface area contributed by atoms with Gasteiger partial charge in [0.05, 0.1) is 0 Å². The molecule has 56 nitrogen and oxygen atoms in total. The van der Waals surface area contributed by atoms with Crippen LogP contribution >= 0.6 is 55.3 Å². The molecule has 0 aromatic heterocycles. The number of aromatic hydroxyl groups is 6. The van der Waals surface area contributed by atoms with Crippen molar-refractivity contribution in [3.8, 4) is 40.2 Å².